The summed E-state index contributed by atoms with van der Waals surface area (Å²) in [6, 6.07) is 9.79. The molecule has 0 atom stereocenters. The van der Waals surface area contributed by atoms with Crippen molar-refractivity contribution in [2.24, 2.45) is 0 Å². The van der Waals surface area contributed by atoms with E-state index in [4.69, 9.17) is 4.84 Å². The number of imidazole rings is 1. The highest BCUT2D eigenvalue weighted by molar-refractivity contribution is 5.73. The van der Waals surface area contributed by atoms with Crippen molar-refractivity contribution in [2.45, 2.75) is 39.3 Å². The third-order valence-corrected chi connectivity index (χ3v) is 3.49. The van der Waals surface area contributed by atoms with Crippen molar-refractivity contribution in [2.75, 3.05) is 6.61 Å². The molecular formula is C17H24N4O2. The van der Waals surface area contributed by atoms with E-state index in [1.54, 1.807) is 17.4 Å². The lowest BCUT2D eigenvalue weighted by Crippen LogP contribution is -2.43. The van der Waals surface area contributed by atoms with E-state index < -0.39 is 0 Å². The van der Waals surface area contributed by atoms with E-state index in [1.807, 2.05) is 44.2 Å². The zero-order chi connectivity index (χ0) is 16.5. The van der Waals surface area contributed by atoms with Crippen molar-refractivity contribution in [3.63, 3.8) is 0 Å². The number of aryl methyl sites for hydroxylation is 1. The van der Waals surface area contributed by atoms with E-state index in [-0.39, 0.29) is 12.1 Å². The van der Waals surface area contributed by atoms with Crippen molar-refractivity contribution in [1.29, 1.82) is 0 Å². The number of carbonyl (C=O) groups excluding carboxylic acids is 1. The highest BCUT2D eigenvalue weighted by Gasteiger charge is 2.17. The molecule has 23 heavy (non-hydrogen) atoms. The molecule has 2 rings (SSSR count). The number of aromatic nitrogens is 2. The standard InChI is InChI=1S/C17H24N4O2/c1-14(2)21(12-15-7-4-3-5-8-15)17(22)20-23-10-6-9-16-11-18-13-19-16/h3-5,7-8,11,13-14H,6,9-10,12H2,1-2H3,(H,18,19)(H,20,22). The molecule has 0 spiro atoms. The molecule has 0 radical (unpaired) electrons. The van der Waals surface area contributed by atoms with Gasteiger partial charge in [-0.05, 0) is 32.3 Å². The molecule has 0 aliphatic heterocycles. The van der Waals surface area contributed by atoms with Crippen LogP contribution in [0.3, 0.4) is 0 Å². The Morgan fingerprint density at radius 1 is 1.35 bits per heavy atom. The first-order chi connectivity index (χ1) is 11.2. The Morgan fingerprint density at radius 3 is 2.78 bits per heavy atom. The normalized spacial score (nSPS) is 10.7. The van der Waals surface area contributed by atoms with Crippen LogP contribution in [0, 0.1) is 0 Å². The second-order valence-corrected chi connectivity index (χ2v) is 5.64. The van der Waals surface area contributed by atoms with Crippen LogP contribution in [0.4, 0.5) is 4.79 Å². The number of amides is 2. The number of rotatable bonds is 8. The monoisotopic (exact) mass is 316 g/mol. The zero-order valence-corrected chi connectivity index (χ0v) is 13.7. The van der Waals surface area contributed by atoms with Crippen molar-refractivity contribution in [1.82, 2.24) is 20.3 Å². The number of benzene rings is 1. The Hall–Kier alpha value is -2.34. The molecule has 0 unspecified atom stereocenters. The summed E-state index contributed by atoms with van der Waals surface area (Å²) in [5, 5.41) is 0. The van der Waals surface area contributed by atoms with Gasteiger partial charge in [-0.1, -0.05) is 30.3 Å². The molecule has 1 heterocycles. The van der Waals surface area contributed by atoms with Crippen molar-refractivity contribution in [3.8, 4) is 0 Å². The summed E-state index contributed by atoms with van der Waals surface area (Å²) in [7, 11) is 0. The number of hydrogen-bond donors (Lipinski definition) is 2. The van der Waals surface area contributed by atoms with Crippen LogP contribution in [0.25, 0.3) is 0 Å². The summed E-state index contributed by atoms with van der Waals surface area (Å²) in [5.41, 5.74) is 4.68. The fourth-order valence-corrected chi connectivity index (χ4v) is 2.20. The zero-order valence-electron chi connectivity index (χ0n) is 13.7. The van der Waals surface area contributed by atoms with Crippen LogP contribution in [0.15, 0.2) is 42.9 Å². The summed E-state index contributed by atoms with van der Waals surface area (Å²) < 4.78 is 0. The Kier molecular flexibility index (Phi) is 6.62. The molecule has 0 fully saturated rings. The molecule has 0 saturated heterocycles. The van der Waals surface area contributed by atoms with Gasteiger partial charge in [0.1, 0.15) is 0 Å². The van der Waals surface area contributed by atoms with Gasteiger partial charge in [0.15, 0.2) is 0 Å². The SMILES string of the molecule is CC(C)N(Cc1ccccc1)C(=O)NOCCCc1cnc[nH]1. The Bertz CT molecular complexity index is 570. The number of nitrogens with zero attached hydrogens (tertiary/aromatic N) is 2. The average molecular weight is 316 g/mol. The lowest BCUT2D eigenvalue weighted by molar-refractivity contribution is 0.0416. The van der Waals surface area contributed by atoms with Crippen LogP contribution in [-0.2, 0) is 17.8 Å². The quantitative estimate of drug-likeness (QED) is 0.581. The lowest BCUT2D eigenvalue weighted by Gasteiger charge is -2.26. The lowest BCUT2D eigenvalue weighted by atomic mass is 10.2. The number of hydrogen-bond acceptors (Lipinski definition) is 3. The molecule has 2 N–H and O–H groups in total. The van der Waals surface area contributed by atoms with Gasteiger partial charge in [0.05, 0.1) is 12.9 Å². The molecule has 6 nitrogen and oxygen atoms in total. The first-order valence-corrected chi connectivity index (χ1v) is 7.86. The van der Waals surface area contributed by atoms with Gasteiger partial charge < -0.3 is 9.88 Å². The summed E-state index contributed by atoms with van der Waals surface area (Å²) in [4.78, 5) is 26.3. The fourth-order valence-electron chi connectivity index (χ4n) is 2.20. The smallest absolute Gasteiger partial charge is 0.341 e. The van der Waals surface area contributed by atoms with Gasteiger partial charge >= 0.3 is 6.03 Å². The third-order valence-electron chi connectivity index (χ3n) is 3.49. The Morgan fingerprint density at radius 2 is 2.13 bits per heavy atom. The van der Waals surface area contributed by atoms with Gasteiger partial charge in [-0.25, -0.2) is 15.3 Å². The molecule has 0 bridgehead atoms. The molecule has 2 aromatic rings. The summed E-state index contributed by atoms with van der Waals surface area (Å²) in [6.07, 6.45) is 5.09. The predicted octanol–water partition coefficient (Wildman–Crippen LogP) is 2.89. The number of urea groups is 1. The van der Waals surface area contributed by atoms with E-state index in [0.717, 1.165) is 24.1 Å². The molecule has 2 amide bonds. The van der Waals surface area contributed by atoms with Crippen molar-refractivity contribution in [3.05, 3.63) is 54.1 Å². The topological polar surface area (TPSA) is 70.2 Å². The average Bonchev–Trinajstić information content (AvgIpc) is 3.06. The van der Waals surface area contributed by atoms with Gasteiger partial charge in [-0.15, -0.1) is 0 Å². The van der Waals surface area contributed by atoms with Gasteiger partial charge in [0.25, 0.3) is 0 Å². The summed E-state index contributed by atoms with van der Waals surface area (Å²) in [6.45, 7) is 4.99. The van der Waals surface area contributed by atoms with E-state index in [0.29, 0.717) is 13.2 Å². The maximum Gasteiger partial charge on any atom is 0.341 e. The van der Waals surface area contributed by atoms with Crippen LogP contribution in [-0.4, -0.2) is 33.5 Å². The largest absolute Gasteiger partial charge is 0.348 e. The number of aromatic amines is 1. The highest BCUT2D eigenvalue weighted by atomic mass is 16.7. The molecule has 0 aliphatic carbocycles. The minimum atomic E-state index is -0.217. The van der Waals surface area contributed by atoms with E-state index in [2.05, 4.69) is 15.4 Å². The van der Waals surface area contributed by atoms with Gasteiger partial charge in [0.2, 0.25) is 0 Å². The Balaban J connectivity index is 1.72. The first kappa shape index (κ1) is 17.0. The van der Waals surface area contributed by atoms with Crippen molar-refractivity contribution < 1.29 is 9.63 Å². The summed E-state index contributed by atoms with van der Waals surface area (Å²) in [5.74, 6) is 0. The molecule has 0 aliphatic rings. The predicted molar refractivity (Wildman–Crippen MR) is 88.5 cm³/mol. The van der Waals surface area contributed by atoms with Crippen LogP contribution >= 0.6 is 0 Å². The highest BCUT2D eigenvalue weighted by Crippen LogP contribution is 2.08. The number of hydroxylamine groups is 1. The molecule has 1 aromatic carbocycles. The second kappa shape index (κ2) is 8.95. The van der Waals surface area contributed by atoms with Crippen LogP contribution in [0.5, 0.6) is 0 Å². The van der Waals surface area contributed by atoms with Crippen LogP contribution < -0.4 is 5.48 Å². The van der Waals surface area contributed by atoms with Gasteiger partial charge in [0, 0.05) is 24.5 Å². The second-order valence-electron chi connectivity index (χ2n) is 5.64. The fraction of sp³-hybridized carbons (Fsp3) is 0.412. The van der Waals surface area contributed by atoms with E-state index >= 15 is 0 Å². The van der Waals surface area contributed by atoms with Crippen LogP contribution in [0.2, 0.25) is 0 Å². The first-order valence-electron chi connectivity index (χ1n) is 7.86. The van der Waals surface area contributed by atoms with Gasteiger partial charge in [-0.2, -0.15) is 0 Å². The molecule has 0 saturated carbocycles. The number of nitrogens with one attached hydrogen (secondary N) is 2. The number of carbonyl (C=O) groups is 1. The van der Waals surface area contributed by atoms with Gasteiger partial charge in [-0.3, -0.25) is 4.84 Å². The van der Waals surface area contributed by atoms with Crippen LogP contribution in [0.1, 0.15) is 31.5 Å². The minimum Gasteiger partial charge on any atom is -0.348 e. The molecular weight excluding hydrogens is 292 g/mol. The summed E-state index contributed by atoms with van der Waals surface area (Å²) >= 11 is 0. The van der Waals surface area contributed by atoms with E-state index in [1.165, 1.54) is 0 Å². The minimum absolute atomic E-state index is 0.0869. The number of H-pyrrole nitrogens is 1. The third kappa shape index (κ3) is 5.75. The molecule has 124 valence electrons. The maximum absolute atomic E-state index is 12.3. The van der Waals surface area contributed by atoms with E-state index in [9.17, 15) is 4.79 Å². The van der Waals surface area contributed by atoms with Crippen molar-refractivity contribution >= 4 is 6.03 Å². The molecule has 1 aromatic heterocycles. The Labute approximate surface area is 136 Å². The molecule has 6 heteroatoms. The maximum atomic E-state index is 12.3.